The van der Waals surface area contributed by atoms with Gasteiger partial charge in [-0.3, -0.25) is 4.79 Å². The Bertz CT molecular complexity index is 695. The SMILES string of the molecule is CC(C)C(NC(=O)NCc1ccccc1)C(=O)N1CC2(CCC2)C1C1CC1. The Labute approximate surface area is 161 Å². The number of likely N-dealkylation sites (tertiary alicyclic amines) is 1. The first kappa shape index (κ1) is 18.3. The number of amides is 3. The van der Waals surface area contributed by atoms with E-state index in [9.17, 15) is 9.59 Å². The fraction of sp³-hybridized carbons (Fsp3) is 0.636. The molecule has 1 spiro atoms. The molecule has 1 heterocycles. The number of benzene rings is 1. The Morgan fingerprint density at radius 3 is 2.44 bits per heavy atom. The van der Waals surface area contributed by atoms with Crippen LogP contribution in [0.1, 0.15) is 51.5 Å². The highest BCUT2D eigenvalue weighted by atomic mass is 16.2. The summed E-state index contributed by atoms with van der Waals surface area (Å²) in [6.07, 6.45) is 6.37. The molecule has 2 unspecified atom stereocenters. The predicted octanol–water partition coefficient (Wildman–Crippen LogP) is 3.30. The van der Waals surface area contributed by atoms with Gasteiger partial charge in [0.2, 0.25) is 5.91 Å². The second kappa shape index (κ2) is 7.17. The Balaban J connectivity index is 1.36. The summed E-state index contributed by atoms with van der Waals surface area (Å²) >= 11 is 0. The van der Waals surface area contributed by atoms with E-state index in [1.54, 1.807) is 0 Å². The minimum absolute atomic E-state index is 0.0674. The Kier molecular flexibility index (Phi) is 4.87. The van der Waals surface area contributed by atoms with E-state index in [-0.39, 0.29) is 17.9 Å². The van der Waals surface area contributed by atoms with Crippen molar-refractivity contribution in [2.75, 3.05) is 6.54 Å². The molecule has 3 amide bonds. The lowest BCUT2D eigenvalue weighted by atomic mass is 9.56. The highest BCUT2D eigenvalue weighted by molar-refractivity contribution is 5.88. The molecule has 0 bridgehead atoms. The molecule has 4 rings (SSSR count). The van der Waals surface area contributed by atoms with Gasteiger partial charge in [0.05, 0.1) is 0 Å². The zero-order valence-corrected chi connectivity index (χ0v) is 16.4. The van der Waals surface area contributed by atoms with E-state index in [2.05, 4.69) is 15.5 Å². The summed E-state index contributed by atoms with van der Waals surface area (Å²) in [5.41, 5.74) is 1.46. The zero-order chi connectivity index (χ0) is 19.0. The van der Waals surface area contributed by atoms with Gasteiger partial charge in [-0.15, -0.1) is 0 Å². The van der Waals surface area contributed by atoms with Crippen LogP contribution >= 0.6 is 0 Å². The van der Waals surface area contributed by atoms with Gasteiger partial charge in [0.15, 0.2) is 0 Å². The number of carbonyl (C=O) groups is 2. The number of urea groups is 1. The quantitative estimate of drug-likeness (QED) is 0.808. The third-order valence-corrected chi connectivity index (χ3v) is 6.66. The van der Waals surface area contributed by atoms with Crippen LogP contribution in [0.5, 0.6) is 0 Å². The van der Waals surface area contributed by atoms with Crippen molar-refractivity contribution in [3.63, 3.8) is 0 Å². The first-order valence-electron chi connectivity index (χ1n) is 10.4. The van der Waals surface area contributed by atoms with E-state index in [1.807, 2.05) is 44.2 Å². The number of hydrogen-bond acceptors (Lipinski definition) is 2. The van der Waals surface area contributed by atoms with Crippen LogP contribution in [0.25, 0.3) is 0 Å². The average molecular weight is 370 g/mol. The van der Waals surface area contributed by atoms with Gasteiger partial charge >= 0.3 is 6.03 Å². The van der Waals surface area contributed by atoms with E-state index in [0.717, 1.165) is 12.1 Å². The van der Waals surface area contributed by atoms with E-state index >= 15 is 0 Å². The molecule has 1 aromatic carbocycles. The van der Waals surface area contributed by atoms with Crippen LogP contribution in [0.2, 0.25) is 0 Å². The van der Waals surface area contributed by atoms with E-state index in [0.29, 0.717) is 23.9 Å². The van der Waals surface area contributed by atoms with E-state index in [4.69, 9.17) is 0 Å². The molecule has 1 aromatic rings. The molecule has 0 aromatic heterocycles. The zero-order valence-electron chi connectivity index (χ0n) is 16.4. The van der Waals surface area contributed by atoms with Crippen LogP contribution in [-0.4, -0.2) is 35.5 Å². The summed E-state index contributed by atoms with van der Waals surface area (Å²) in [7, 11) is 0. The summed E-state index contributed by atoms with van der Waals surface area (Å²) in [4.78, 5) is 27.7. The van der Waals surface area contributed by atoms with Crippen molar-refractivity contribution < 1.29 is 9.59 Å². The number of carbonyl (C=O) groups excluding carboxylic acids is 2. The van der Waals surface area contributed by atoms with Crippen LogP contribution in [0.4, 0.5) is 4.79 Å². The molecule has 3 fully saturated rings. The Hall–Kier alpha value is -2.04. The van der Waals surface area contributed by atoms with Gasteiger partial charge in [0.1, 0.15) is 6.04 Å². The smallest absolute Gasteiger partial charge is 0.315 e. The molecule has 2 saturated carbocycles. The number of nitrogens with zero attached hydrogens (tertiary/aromatic N) is 1. The van der Waals surface area contributed by atoms with Gasteiger partial charge in [-0.05, 0) is 43.1 Å². The molecule has 1 saturated heterocycles. The molecule has 146 valence electrons. The summed E-state index contributed by atoms with van der Waals surface area (Å²) in [6.45, 7) is 5.36. The lowest BCUT2D eigenvalue weighted by molar-refractivity contribution is -0.174. The van der Waals surface area contributed by atoms with Crippen molar-refractivity contribution in [3.05, 3.63) is 35.9 Å². The highest BCUT2D eigenvalue weighted by Gasteiger charge is 2.62. The van der Waals surface area contributed by atoms with Gasteiger partial charge in [-0.1, -0.05) is 50.6 Å². The lowest BCUT2D eigenvalue weighted by Gasteiger charge is -2.63. The molecule has 5 heteroatoms. The maximum atomic E-state index is 13.2. The minimum Gasteiger partial charge on any atom is -0.336 e. The molecule has 3 aliphatic rings. The predicted molar refractivity (Wildman–Crippen MR) is 105 cm³/mol. The van der Waals surface area contributed by atoms with Crippen LogP contribution in [0.15, 0.2) is 30.3 Å². The second-order valence-corrected chi connectivity index (χ2v) is 9.00. The third-order valence-electron chi connectivity index (χ3n) is 6.66. The standard InChI is InChI=1S/C22H31N3O2/c1-15(2)18(24-21(27)23-13-16-7-4-3-5-8-16)20(26)25-14-22(11-6-12-22)19(25)17-9-10-17/h3-5,7-8,15,17-19H,6,9-14H2,1-2H3,(H2,23,24,27). The second-order valence-electron chi connectivity index (χ2n) is 9.00. The number of nitrogens with one attached hydrogen (secondary N) is 2. The molecule has 2 atom stereocenters. The maximum Gasteiger partial charge on any atom is 0.315 e. The normalized spacial score (nSPS) is 24.1. The average Bonchev–Trinajstić information content (AvgIpc) is 3.40. The van der Waals surface area contributed by atoms with E-state index in [1.165, 1.54) is 32.1 Å². The first-order chi connectivity index (χ1) is 13.0. The van der Waals surface area contributed by atoms with Crippen molar-refractivity contribution in [2.45, 2.75) is 64.6 Å². The van der Waals surface area contributed by atoms with Crippen LogP contribution in [0.3, 0.4) is 0 Å². The molecule has 27 heavy (non-hydrogen) atoms. The summed E-state index contributed by atoms with van der Waals surface area (Å²) in [6, 6.07) is 9.51. The van der Waals surface area contributed by atoms with Crippen LogP contribution < -0.4 is 10.6 Å². The van der Waals surface area contributed by atoms with Crippen molar-refractivity contribution >= 4 is 11.9 Å². The molecule has 2 N–H and O–H groups in total. The molecular formula is C22H31N3O2. The van der Waals surface area contributed by atoms with Gasteiger partial charge in [-0.25, -0.2) is 4.79 Å². The van der Waals surface area contributed by atoms with Crippen LogP contribution in [-0.2, 0) is 11.3 Å². The summed E-state index contributed by atoms with van der Waals surface area (Å²) in [5, 5.41) is 5.82. The van der Waals surface area contributed by atoms with Crippen molar-refractivity contribution in [1.82, 2.24) is 15.5 Å². The number of rotatable bonds is 6. The minimum atomic E-state index is -0.459. The monoisotopic (exact) mass is 369 g/mol. The third kappa shape index (κ3) is 3.56. The van der Waals surface area contributed by atoms with Crippen LogP contribution in [0, 0.1) is 17.3 Å². The number of hydrogen-bond donors (Lipinski definition) is 2. The molecule has 0 radical (unpaired) electrons. The largest absolute Gasteiger partial charge is 0.336 e. The van der Waals surface area contributed by atoms with Gasteiger partial charge in [-0.2, -0.15) is 0 Å². The maximum absolute atomic E-state index is 13.2. The topological polar surface area (TPSA) is 61.4 Å². The van der Waals surface area contributed by atoms with Crippen molar-refractivity contribution in [2.24, 2.45) is 17.3 Å². The summed E-state index contributed by atoms with van der Waals surface area (Å²) < 4.78 is 0. The van der Waals surface area contributed by atoms with E-state index < -0.39 is 6.04 Å². The highest BCUT2D eigenvalue weighted by Crippen LogP contribution is 2.59. The van der Waals surface area contributed by atoms with Crippen molar-refractivity contribution in [1.29, 1.82) is 0 Å². The van der Waals surface area contributed by atoms with Gasteiger partial charge in [0.25, 0.3) is 0 Å². The Morgan fingerprint density at radius 1 is 1.19 bits per heavy atom. The molecule has 5 nitrogen and oxygen atoms in total. The van der Waals surface area contributed by atoms with Gasteiger partial charge in [0, 0.05) is 24.5 Å². The fourth-order valence-corrected chi connectivity index (χ4v) is 4.88. The first-order valence-corrected chi connectivity index (χ1v) is 10.4. The summed E-state index contributed by atoms with van der Waals surface area (Å²) in [5.74, 6) is 0.870. The Morgan fingerprint density at radius 2 is 1.89 bits per heavy atom. The van der Waals surface area contributed by atoms with Gasteiger partial charge < -0.3 is 15.5 Å². The van der Waals surface area contributed by atoms with Crippen molar-refractivity contribution in [3.8, 4) is 0 Å². The molecule has 2 aliphatic carbocycles. The molecule has 1 aliphatic heterocycles. The fourth-order valence-electron chi connectivity index (χ4n) is 4.88. The molecular weight excluding hydrogens is 338 g/mol. The lowest BCUT2D eigenvalue weighted by Crippen LogP contribution is -2.72.